The number of Topliss-reactive ketones (excluding diaryl/α,β-unsaturated/α-hetero) is 1. The fraction of sp³-hybridized carbons (Fsp3) is 0.300. The molecule has 0 atom stereocenters. The van der Waals surface area contributed by atoms with Gasteiger partial charge in [-0.2, -0.15) is 0 Å². The summed E-state index contributed by atoms with van der Waals surface area (Å²) >= 11 is 1.49. The van der Waals surface area contributed by atoms with Crippen molar-refractivity contribution < 1.29 is 9.53 Å². The number of thioether (sulfide) groups is 1. The second-order valence-electron chi connectivity index (χ2n) is 6.06. The third kappa shape index (κ3) is 3.94. The number of methoxy groups -OCH3 is 1. The minimum Gasteiger partial charge on any atom is -0.383 e. The van der Waals surface area contributed by atoms with Crippen LogP contribution in [0.25, 0.3) is 11.0 Å². The molecule has 0 N–H and O–H groups in total. The van der Waals surface area contributed by atoms with Crippen molar-refractivity contribution in [3.05, 3.63) is 59.2 Å². The largest absolute Gasteiger partial charge is 0.383 e. The van der Waals surface area contributed by atoms with E-state index in [0.29, 0.717) is 12.4 Å². The van der Waals surface area contributed by atoms with Gasteiger partial charge in [-0.1, -0.05) is 41.6 Å². The molecule has 0 radical (unpaired) electrons. The van der Waals surface area contributed by atoms with Crippen molar-refractivity contribution in [3.8, 4) is 0 Å². The average molecular weight is 354 g/mol. The molecule has 0 aliphatic heterocycles. The van der Waals surface area contributed by atoms with E-state index in [1.165, 1.54) is 11.8 Å². The van der Waals surface area contributed by atoms with Crippen molar-refractivity contribution in [2.24, 2.45) is 0 Å². The number of nitrogens with zero attached hydrogens (tertiary/aromatic N) is 2. The maximum Gasteiger partial charge on any atom is 0.173 e. The minimum absolute atomic E-state index is 0.136. The number of imidazole rings is 1. The van der Waals surface area contributed by atoms with Crippen LogP contribution in [0.1, 0.15) is 21.5 Å². The normalized spacial score (nSPS) is 11.2. The number of carbonyl (C=O) groups is 1. The van der Waals surface area contributed by atoms with Gasteiger partial charge < -0.3 is 9.30 Å². The molecule has 4 nitrogen and oxygen atoms in total. The molecule has 1 heterocycles. The van der Waals surface area contributed by atoms with Crippen LogP contribution in [0, 0.1) is 13.8 Å². The van der Waals surface area contributed by atoms with E-state index in [4.69, 9.17) is 4.74 Å². The zero-order valence-corrected chi connectivity index (χ0v) is 15.6. The Morgan fingerprint density at radius 1 is 1.20 bits per heavy atom. The topological polar surface area (TPSA) is 44.1 Å². The predicted octanol–water partition coefficient (Wildman–Crippen LogP) is 4.27. The van der Waals surface area contributed by atoms with Crippen LogP contribution in [0.3, 0.4) is 0 Å². The van der Waals surface area contributed by atoms with E-state index in [0.717, 1.165) is 39.4 Å². The number of hydrogen-bond acceptors (Lipinski definition) is 4. The van der Waals surface area contributed by atoms with Gasteiger partial charge in [-0.05, 0) is 37.6 Å². The molecule has 130 valence electrons. The standard InChI is InChI=1S/C20H22N2O2S/c1-14-8-9-15(2)16(12-14)19(23)13-25-20-21-17-6-4-5-7-18(17)22(20)10-11-24-3/h4-9,12H,10-11,13H2,1-3H3. The third-order valence-electron chi connectivity index (χ3n) is 4.16. The fourth-order valence-electron chi connectivity index (χ4n) is 2.81. The van der Waals surface area contributed by atoms with Crippen LogP contribution in [0.15, 0.2) is 47.6 Å². The van der Waals surface area contributed by atoms with Gasteiger partial charge in [0, 0.05) is 19.2 Å². The highest BCUT2D eigenvalue weighted by Gasteiger charge is 2.15. The van der Waals surface area contributed by atoms with Crippen LogP contribution < -0.4 is 0 Å². The summed E-state index contributed by atoms with van der Waals surface area (Å²) in [5, 5.41) is 0.858. The van der Waals surface area contributed by atoms with Crippen LogP contribution in [0.2, 0.25) is 0 Å². The lowest BCUT2D eigenvalue weighted by Crippen LogP contribution is -2.09. The van der Waals surface area contributed by atoms with Gasteiger partial charge in [0.25, 0.3) is 0 Å². The first-order chi connectivity index (χ1) is 12.1. The van der Waals surface area contributed by atoms with E-state index >= 15 is 0 Å². The Morgan fingerprint density at radius 2 is 2.00 bits per heavy atom. The molecule has 25 heavy (non-hydrogen) atoms. The summed E-state index contributed by atoms with van der Waals surface area (Å²) in [5.41, 5.74) is 4.93. The Kier molecular flexibility index (Phi) is 5.56. The highest BCUT2D eigenvalue weighted by atomic mass is 32.2. The molecule has 0 aliphatic rings. The Bertz CT molecular complexity index is 902. The van der Waals surface area contributed by atoms with Gasteiger partial charge in [0.15, 0.2) is 10.9 Å². The van der Waals surface area contributed by atoms with Gasteiger partial charge in [0.1, 0.15) is 0 Å². The zero-order valence-electron chi connectivity index (χ0n) is 14.8. The lowest BCUT2D eigenvalue weighted by molar-refractivity contribution is 0.102. The van der Waals surface area contributed by atoms with Gasteiger partial charge in [-0.25, -0.2) is 4.98 Å². The number of ketones is 1. The SMILES string of the molecule is COCCn1c(SCC(=O)c2cc(C)ccc2C)nc2ccccc21. The molecule has 0 saturated heterocycles. The first-order valence-corrected chi connectivity index (χ1v) is 9.26. The minimum atomic E-state index is 0.136. The van der Waals surface area contributed by atoms with Gasteiger partial charge in [0.05, 0.1) is 23.4 Å². The van der Waals surface area contributed by atoms with E-state index in [1.54, 1.807) is 7.11 Å². The van der Waals surface area contributed by atoms with Gasteiger partial charge >= 0.3 is 0 Å². The van der Waals surface area contributed by atoms with Gasteiger partial charge in [0.2, 0.25) is 0 Å². The molecule has 3 aromatic rings. The number of ether oxygens (including phenoxy) is 1. The smallest absolute Gasteiger partial charge is 0.173 e. The number of aryl methyl sites for hydroxylation is 2. The quantitative estimate of drug-likeness (QED) is 0.469. The third-order valence-corrected chi connectivity index (χ3v) is 5.14. The molecule has 5 heteroatoms. The number of rotatable bonds is 7. The summed E-state index contributed by atoms with van der Waals surface area (Å²) in [6.07, 6.45) is 0. The zero-order chi connectivity index (χ0) is 17.8. The lowest BCUT2D eigenvalue weighted by Gasteiger charge is -2.09. The van der Waals surface area contributed by atoms with Crippen LogP contribution in [-0.2, 0) is 11.3 Å². The molecular formula is C20H22N2O2S. The highest BCUT2D eigenvalue weighted by molar-refractivity contribution is 7.99. The number of fused-ring (bicyclic) bond motifs is 1. The second-order valence-corrected chi connectivity index (χ2v) is 7.00. The summed E-state index contributed by atoms with van der Waals surface area (Å²) in [4.78, 5) is 17.3. The summed E-state index contributed by atoms with van der Waals surface area (Å²) in [6.45, 7) is 5.31. The van der Waals surface area contributed by atoms with Crippen molar-refractivity contribution in [2.75, 3.05) is 19.5 Å². The molecule has 0 aliphatic carbocycles. The first-order valence-electron chi connectivity index (χ1n) is 8.27. The Hall–Kier alpha value is -2.11. The van der Waals surface area contributed by atoms with E-state index in [2.05, 4.69) is 15.6 Å². The van der Waals surface area contributed by atoms with Crippen molar-refractivity contribution in [1.29, 1.82) is 0 Å². The van der Waals surface area contributed by atoms with Gasteiger partial charge in [-0.15, -0.1) is 0 Å². The van der Waals surface area contributed by atoms with E-state index < -0.39 is 0 Å². The first kappa shape index (κ1) is 17.7. The Balaban J connectivity index is 1.82. The average Bonchev–Trinajstić information content (AvgIpc) is 2.97. The number of benzene rings is 2. The maximum absolute atomic E-state index is 12.6. The van der Waals surface area contributed by atoms with Crippen LogP contribution in [-0.4, -0.2) is 34.8 Å². The maximum atomic E-state index is 12.6. The molecular weight excluding hydrogens is 332 g/mol. The molecule has 1 aromatic heterocycles. The molecule has 0 amide bonds. The molecule has 0 saturated carbocycles. The summed E-state index contributed by atoms with van der Waals surface area (Å²) in [6, 6.07) is 14.0. The number of hydrogen-bond donors (Lipinski definition) is 0. The number of carbonyl (C=O) groups excluding carboxylic acids is 1. The lowest BCUT2D eigenvalue weighted by atomic mass is 10.0. The van der Waals surface area contributed by atoms with Gasteiger partial charge in [-0.3, -0.25) is 4.79 Å². The number of aromatic nitrogens is 2. The van der Waals surface area contributed by atoms with Crippen molar-refractivity contribution in [1.82, 2.24) is 9.55 Å². The molecule has 2 aromatic carbocycles. The monoisotopic (exact) mass is 354 g/mol. The van der Waals surface area contributed by atoms with Crippen molar-refractivity contribution in [2.45, 2.75) is 25.5 Å². The van der Waals surface area contributed by atoms with E-state index in [1.807, 2.05) is 50.2 Å². The molecule has 0 spiro atoms. The van der Waals surface area contributed by atoms with Crippen LogP contribution >= 0.6 is 11.8 Å². The molecule has 0 fully saturated rings. The molecule has 0 bridgehead atoms. The van der Waals surface area contributed by atoms with E-state index in [9.17, 15) is 4.79 Å². The van der Waals surface area contributed by atoms with Crippen molar-refractivity contribution >= 4 is 28.6 Å². The predicted molar refractivity (Wildman–Crippen MR) is 103 cm³/mol. The number of para-hydroxylation sites is 2. The second kappa shape index (κ2) is 7.85. The summed E-state index contributed by atoms with van der Waals surface area (Å²) < 4.78 is 7.34. The van der Waals surface area contributed by atoms with Crippen molar-refractivity contribution in [3.63, 3.8) is 0 Å². The Morgan fingerprint density at radius 3 is 2.80 bits per heavy atom. The molecule has 3 rings (SSSR count). The summed E-state index contributed by atoms with van der Waals surface area (Å²) in [5.74, 6) is 0.511. The Labute approximate surface area is 152 Å². The van der Waals surface area contributed by atoms with Crippen LogP contribution in [0.4, 0.5) is 0 Å². The van der Waals surface area contributed by atoms with Crippen LogP contribution in [0.5, 0.6) is 0 Å². The summed E-state index contributed by atoms with van der Waals surface area (Å²) in [7, 11) is 1.69. The molecule has 0 unspecified atom stereocenters. The fourth-order valence-corrected chi connectivity index (χ4v) is 3.73. The highest BCUT2D eigenvalue weighted by Crippen LogP contribution is 2.25. The van der Waals surface area contributed by atoms with E-state index in [-0.39, 0.29) is 5.78 Å².